The second-order valence-corrected chi connectivity index (χ2v) is 4.07. The number of amides is 1. The van der Waals surface area contributed by atoms with Gasteiger partial charge >= 0.3 is 0 Å². The van der Waals surface area contributed by atoms with Gasteiger partial charge in [-0.15, -0.1) is 0 Å². The number of carbonyl (C=O) groups is 1. The minimum Gasteiger partial charge on any atom is -0.508 e. The molecular weight excluding hydrogens is 206 g/mol. The number of aliphatic hydroxyl groups excluding tert-OH is 1. The number of phenolic OH excluding ortho intramolecular Hbond substituents is 1. The first-order valence-electron chi connectivity index (χ1n) is 5.26. The third-order valence-corrected chi connectivity index (χ3v) is 2.35. The summed E-state index contributed by atoms with van der Waals surface area (Å²) in [6.45, 7) is 3.97. The zero-order valence-corrected chi connectivity index (χ0v) is 9.47. The second-order valence-electron chi connectivity index (χ2n) is 4.07. The van der Waals surface area contributed by atoms with Crippen LogP contribution in [-0.4, -0.2) is 28.8 Å². The van der Waals surface area contributed by atoms with Gasteiger partial charge < -0.3 is 15.5 Å². The molecule has 0 aliphatic rings. The monoisotopic (exact) mass is 223 g/mol. The van der Waals surface area contributed by atoms with Gasteiger partial charge in [0.2, 0.25) is 0 Å². The Morgan fingerprint density at radius 1 is 1.44 bits per heavy atom. The van der Waals surface area contributed by atoms with Gasteiger partial charge in [-0.05, 0) is 24.1 Å². The highest BCUT2D eigenvalue weighted by atomic mass is 16.3. The molecule has 1 atom stereocenters. The van der Waals surface area contributed by atoms with Gasteiger partial charge in [0, 0.05) is 12.1 Å². The number of nitrogens with one attached hydrogen (secondary N) is 1. The largest absolute Gasteiger partial charge is 0.508 e. The number of aromatic hydroxyl groups is 1. The number of phenols is 1. The molecule has 4 heteroatoms. The highest BCUT2D eigenvalue weighted by Crippen LogP contribution is 2.10. The van der Waals surface area contributed by atoms with Crippen LogP contribution in [0.4, 0.5) is 0 Å². The van der Waals surface area contributed by atoms with Crippen molar-refractivity contribution in [1.82, 2.24) is 5.32 Å². The van der Waals surface area contributed by atoms with Gasteiger partial charge in [-0.1, -0.05) is 19.9 Å². The molecule has 0 fully saturated rings. The van der Waals surface area contributed by atoms with Crippen LogP contribution in [0.3, 0.4) is 0 Å². The van der Waals surface area contributed by atoms with Crippen LogP contribution in [0.1, 0.15) is 24.2 Å². The molecule has 0 saturated carbocycles. The van der Waals surface area contributed by atoms with Gasteiger partial charge in [0.1, 0.15) is 5.75 Å². The van der Waals surface area contributed by atoms with Crippen LogP contribution in [0.2, 0.25) is 0 Å². The molecular formula is C12H17NO3. The standard InChI is InChI=1S/C12H17NO3/c1-8(2)11(15)7-13-12(16)9-4-3-5-10(14)6-9/h3-6,8,11,14-15H,7H2,1-2H3,(H,13,16). The van der Waals surface area contributed by atoms with Crippen molar-refractivity contribution in [2.75, 3.05) is 6.54 Å². The Hall–Kier alpha value is -1.55. The molecule has 1 aromatic rings. The van der Waals surface area contributed by atoms with E-state index < -0.39 is 6.10 Å². The number of hydrogen-bond acceptors (Lipinski definition) is 3. The SMILES string of the molecule is CC(C)C(O)CNC(=O)c1cccc(O)c1. The smallest absolute Gasteiger partial charge is 0.251 e. The minimum absolute atomic E-state index is 0.0528. The molecule has 0 aliphatic carbocycles. The Balaban J connectivity index is 2.53. The molecule has 0 spiro atoms. The first kappa shape index (κ1) is 12.5. The van der Waals surface area contributed by atoms with Crippen molar-refractivity contribution in [2.45, 2.75) is 20.0 Å². The lowest BCUT2D eigenvalue weighted by Gasteiger charge is -2.15. The van der Waals surface area contributed by atoms with E-state index in [1.54, 1.807) is 12.1 Å². The predicted molar refractivity (Wildman–Crippen MR) is 61.3 cm³/mol. The van der Waals surface area contributed by atoms with Gasteiger partial charge in [-0.25, -0.2) is 0 Å². The molecule has 3 N–H and O–H groups in total. The van der Waals surface area contributed by atoms with Crippen molar-refractivity contribution < 1.29 is 15.0 Å². The quantitative estimate of drug-likeness (QED) is 0.717. The third kappa shape index (κ3) is 3.55. The van der Waals surface area contributed by atoms with Gasteiger partial charge in [0.05, 0.1) is 6.10 Å². The molecule has 0 aliphatic heterocycles. The lowest BCUT2D eigenvalue weighted by molar-refractivity contribution is 0.0871. The molecule has 16 heavy (non-hydrogen) atoms. The molecule has 88 valence electrons. The number of aliphatic hydroxyl groups is 1. The van der Waals surface area contributed by atoms with Gasteiger partial charge in [0.15, 0.2) is 0 Å². The van der Waals surface area contributed by atoms with E-state index in [0.717, 1.165) is 0 Å². The van der Waals surface area contributed by atoms with Gasteiger partial charge in [-0.2, -0.15) is 0 Å². The maximum absolute atomic E-state index is 11.6. The fourth-order valence-electron chi connectivity index (χ4n) is 1.18. The number of hydrogen-bond donors (Lipinski definition) is 3. The van der Waals surface area contributed by atoms with Crippen molar-refractivity contribution in [2.24, 2.45) is 5.92 Å². The Kier molecular flexibility index (Phi) is 4.31. The first-order valence-corrected chi connectivity index (χ1v) is 5.26. The third-order valence-electron chi connectivity index (χ3n) is 2.35. The maximum atomic E-state index is 11.6. The van der Waals surface area contributed by atoms with Crippen molar-refractivity contribution in [3.8, 4) is 5.75 Å². The summed E-state index contributed by atoms with van der Waals surface area (Å²) in [6.07, 6.45) is -0.554. The summed E-state index contributed by atoms with van der Waals surface area (Å²) in [7, 11) is 0. The van der Waals surface area contributed by atoms with Crippen LogP contribution in [0.25, 0.3) is 0 Å². The molecule has 0 saturated heterocycles. The van der Waals surface area contributed by atoms with E-state index in [0.29, 0.717) is 5.56 Å². The summed E-state index contributed by atoms with van der Waals surface area (Å²) in [6, 6.07) is 6.09. The van der Waals surface area contributed by atoms with Crippen molar-refractivity contribution in [3.05, 3.63) is 29.8 Å². The van der Waals surface area contributed by atoms with E-state index in [9.17, 15) is 15.0 Å². The molecule has 1 rings (SSSR count). The Morgan fingerprint density at radius 3 is 2.69 bits per heavy atom. The fraction of sp³-hybridized carbons (Fsp3) is 0.417. The minimum atomic E-state index is -0.554. The fourth-order valence-corrected chi connectivity index (χ4v) is 1.18. The summed E-state index contributed by atoms with van der Waals surface area (Å²) in [5.41, 5.74) is 0.385. The Bertz CT molecular complexity index is 363. The molecule has 0 radical (unpaired) electrons. The molecule has 1 unspecified atom stereocenters. The average Bonchev–Trinajstić information content (AvgIpc) is 2.25. The molecule has 0 aromatic heterocycles. The number of carbonyl (C=O) groups excluding carboxylic acids is 1. The van der Waals surface area contributed by atoms with Crippen LogP contribution in [0.5, 0.6) is 5.75 Å². The molecule has 4 nitrogen and oxygen atoms in total. The zero-order chi connectivity index (χ0) is 12.1. The van der Waals surface area contributed by atoms with Gasteiger partial charge in [0.25, 0.3) is 5.91 Å². The van der Waals surface area contributed by atoms with Crippen LogP contribution in [-0.2, 0) is 0 Å². The van der Waals surface area contributed by atoms with Crippen molar-refractivity contribution in [3.63, 3.8) is 0 Å². The lowest BCUT2D eigenvalue weighted by Crippen LogP contribution is -2.34. The van der Waals surface area contributed by atoms with Crippen molar-refractivity contribution in [1.29, 1.82) is 0 Å². The number of benzene rings is 1. The van der Waals surface area contributed by atoms with E-state index in [4.69, 9.17) is 0 Å². The number of rotatable bonds is 4. The summed E-state index contributed by atoms with van der Waals surface area (Å²) in [5.74, 6) is -0.142. The molecule has 0 bridgehead atoms. The summed E-state index contributed by atoms with van der Waals surface area (Å²) < 4.78 is 0. The van der Waals surface area contributed by atoms with Crippen LogP contribution >= 0.6 is 0 Å². The Morgan fingerprint density at radius 2 is 2.12 bits per heavy atom. The summed E-state index contributed by atoms with van der Waals surface area (Å²) in [5, 5.41) is 21.3. The van der Waals surface area contributed by atoms with E-state index in [2.05, 4.69) is 5.32 Å². The highest BCUT2D eigenvalue weighted by Gasteiger charge is 2.11. The normalized spacial score (nSPS) is 12.5. The summed E-state index contributed by atoms with van der Waals surface area (Å²) in [4.78, 5) is 11.6. The zero-order valence-electron chi connectivity index (χ0n) is 9.47. The van der Waals surface area contributed by atoms with Crippen LogP contribution in [0, 0.1) is 5.92 Å². The molecule has 1 amide bonds. The average molecular weight is 223 g/mol. The van der Waals surface area contributed by atoms with Crippen LogP contribution < -0.4 is 5.32 Å². The second kappa shape index (κ2) is 5.51. The van der Waals surface area contributed by atoms with E-state index in [-0.39, 0.29) is 24.1 Å². The Labute approximate surface area is 94.9 Å². The topological polar surface area (TPSA) is 69.6 Å². The lowest BCUT2D eigenvalue weighted by atomic mass is 10.1. The predicted octanol–water partition coefficient (Wildman–Crippen LogP) is 1.14. The van der Waals surface area contributed by atoms with Crippen molar-refractivity contribution >= 4 is 5.91 Å². The van der Waals surface area contributed by atoms with E-state index >= 15 is 0 Å². The van der Waals surface area contributed by atoms with Crippen LogP contribution in [0.15, 0.2) is 24.3 Å². The molecule has 0 heterocycles. The summed E-state index contributed by atoms with van der Waals surface area (Å²) >= 11 is 0. The van der Waals surface area contributed by atoms with E-state index in [1.165, 1.54) is 12.1 Å². The molecule has 1 aromatic carbocycles. The first-order chi connectivity index (χ1) is 7.50. The highest BCUT2D eigenvalue weighted by molar-refractivity contribution is 5.94. The maximum Gasteiger partial charge on any atom is 0.251 e. The van der Waals surface area contributed by atoms with E-state index in [1.807, 2.05) is 13.8 Å². The van der Waals surface area contributed by atoms with Gasteiger partial charge in [-0.3, -0.25) is 4.79 Å².